The minimum atomic E-state index is 0.240. The van der Waals surface area contributed by atoms with Crippen LogP contribution < -0.4 is 0 Å². The molecule has 2 heteroatoms. The highest BCUT2D eigenvalue weighted by atomic mass is 35.5. The van der Waals surface area contributed by atoms with Crippen molar-refractivity contribution >= 4 is 17.4 Å². The molecule has 0 saturated heterocycles. The Labute approximate surface area is 128 Å². The van der Waals surface area contributed by atoms with Crippen molar-refractivity contribution in [1.29, 1.82) is 0 Å². The summed E-state index contributed by atoms with van der Waals surface area (Å²) in [7, 11) is 0. The number of aryl methyl sites for hydroxylation is 1. The molecule has 0 heterocycles. The number of rotatable bonds is 11. The van der Waals surface area contributed by atoms with Crippen LogP contribution in [0.15, 0.2) is 24.3 Å². The Hall–Kier alpha value is -0.820. The summed E-state index contributed by atoms with van der Waals surface area (Å²) in [4.78, 5) is 11.9. The van der Waals surface area contributed by atoms with Gasteiger partial charge in [-0.05, 0) is 31.2 Å². The van der Waals surface area contributed by atoms with E-state index in [4.69, 9.17) is 11.6 Å². The van der Waals surface area contributed by atoms with Crippen LogP contribution in [0.3, 0.4) is 0 Å². The van der Waals surface area contributed by atoms with Gasteiger partial charge < -0.3 is 0 Å². The summed E-state index contributed by atoms with van der Waals surface area (Å²) in [6.45, 7) is 2.24. The van der Waals surface area contributed by atoms with E-state index in [9.17, 15) is 4.79 Å². The number of carbonyl (C=O) groups excluding carboxylic acids is 1. The fraction of sp³-hybridized carbons (Fsp3) is 0.611. The van der Waals surface area contributed by atoms with E-state index in [1.54, 1.807) is 0 Å². The molecule has 0 N–H and O–H groups in total. The molecule has 0 atom stereocenters. The van der Waals surface area contributed by atoms with E-state index in [-0.39, 0.29) is 5.78 Å². The van der Waals surface area contributed by atoms with Gasteiger partial charge in [-0.1, -0.05) is 56.9 Å². The van der Waals surface area contributed by atoms with Crippen LogP contribution in [0.2, 0.25) is 0 Å². The Morgan fingerprint density at radius 3 is 2.30 bits per heavy atom. The highest BCUT2D eigenvalue weighted by Gasteiger charge is 2.05. The standard InChI is InChI=1S/C18H27ClO/c1-2-3-4-5-6-9-16-11-13-17(14-12-16)18(20)10-7-8-15-19/h11-14H,2-10,15H2,1H3. The van der Waals surface area contributed by atoms with E-state index >= 15 is 0 Å². The number of ketones is 1. The van der Waals surface area contributed by atoms with Crippen LogP contribution in [0.25, 0.3) is 0 Å². The number of hydrogen-bond donors (Lipinski definition) is 0. The molecule has 20 heavy (non-hydrogen) atoms. The lowest BCUT2D eigenvalue weighted by Gasteiger charge is -2.04. The summed E-state index contributed by atoms with van der Waals surface area (Å²) >= 11 is 5.62. The minimum Gasteiger partial charge on any atom is -0.294 e. The number of Topliss-reactive ketones (excluding diaryl/α,β-unsaturated/α-hetero) is 1. The van der Waals surface area contributed by atoms with Gasteiger partial charge in [0, 0.05) is 17.9 Å². The third kappa shape index (κ3) is 7.09. The zero-order valence-electron chi connectivity index (χ0n) is 12.7. The molecule has 0 fully saturated rings. The average molecular weight is 295 g/mol. The van der Waals surface area contributed by atoms with Crippen LogP contribution in [0.4, 0.5) is 0 Å². The van der Waals surface area contributed by atoms with Crippen molar-refractivity contribution in [2.24, 2.45) is 0 Å². The zero-order valence-corrected chi connectivity index (χ0v) is 13.4. The molecule has 112 valence electrons. The van der Waals surface area contributed by atoms with Crippen LogP contribution in [0.1, 0.15) is 74.2 Å². The first kappa shape index (κ1) is 17.2. The van der Waals surface area contributed by atoms with Crippen molar-refractivity contribution < 1.29 is 4.79 Å². The predicted molar refractivity (Wildman–Crippen MR) is 87.8 cm³/mol. The first-order valence-corrected chi connectivity index (χ1v) is 8.49. The van der Waals surface area contributed by atoms with Crippen LogP contribution in [-0.4, -0.2) is 11.7 Å². The van der Waals surface area contributed by atoms with Crippen molar-refractivity contribution in [2.45, 2.75) is 64.7 Å². The van der Waals surface area contributed by atoms with E-state index < -0.39 is 0 Å². The molecule has 1 rings (SSSR count). The maximum Gasteiger partial charge on any atom is 0.162 e. The smallest absolute Gasteiger partial charge is 0.162 e. The van der Waals surface area contributed by atoms with E-state index in [1.165, 1.54) is 37.7 Å². The maximum atomic E-state index is 11.9. The van der Waals surface area contributed by atoms with Crippen molar-refractivity contribution in [3.8, 4) is 0 Å². The summed E-state index contributed by atoms with van der Waals surface area (Å²) in [5, 5.41) is 0. The van der Waals surface area contributed by atoms with Crippen molar-refractivity contribution in [1.82, 2.24) is 0 Å². The number of hydrogen-bond acceptors (Lipinski definition) is 1. The van der Waals surface area contributed by atoms with Crippen molar-refractivity contribution in [3.05, 3.63) is 35.4 Å². The molecule has 0 bridgehead atoms. The van der Waals surface area contributed by atoms with Crippen molar-refractivity contribution in [3.63, 3.8) is 0 Å². The second-order valence-corrected chi connectivity index (χ2v) is 5.81. The largest absolute Gasteiger partial charge is 0.294 e. The maximum absolute atomic E-state index is 11.9. The van der Waals surface area contributed by atoms with Gasteiger partial charge in [0.1, 0.15) is 0 Å². The topological polar surface area (TPSA) is 17.1 Å². The number of carbonyl (C=O) groups is 1. The molecule has 0 aromatic heterocycles. The van der Waals surface area contributed by atoms with E-state index in [2.05, 4.69) is 19.1 Å². The summed E-state index contributed by atoms with van der Waals surface area (Å²) < 4.78 is 0. The monoisotopic (exact) mass is 294 g/mol. The Bertz CT molecular complexity index is 370. The van der Waals surface area contributed by atoms with Gasteiger partial charge in [-0.25, -0.2) is 0 Å². The van der Waals surface area contributed by atoms with Crippen LogP contribution in [0, 0.1) is 0 Å². The van der Waals surface area contributed by atoms with Gasteiger partial charge in [-0.3, -0.25) is 4.79 Å². The van der Waals surface area contributed by atoms with E-state index in [0.717, 1.165) is 24.8 Å². The molecule has 0 aliphatic rings. The van der Waals surface area contributed by atoms with Gasteiger partial charge >= 0.3 is 0 Å². The normalized spacial score (nSPS) is 10.7. The van der Waals surface area contributed by atoms with E-state index in [0.29, 0.717) is 12.3 Å². The highest BCUT2D eigenvalue weighted by molar-refractivity contribution is 6.17. The van der Waals surface area contributed by atoms with Gasteiger partial charge in [0.25, 0.3) is 0 Å². The molecular weight excluding hydrogens is 268 g/mol. The highest BCUT2D eigenvalue weighted by Crippen LogP contribution is 2.12. The van der Waals surface area contributed by atoms with Gasteiger partial charge in [0.15, 0.2) is 5.78 Å². The summed E-state index contributed by atoms with van der Waals surface area (Å²) in [5.41, 5.74) is 2.19. The summed E-state index contributed by atoms with van der Waals surface area (Å²) in [6.07, 6.45) is 10.1. The lowest BCUT2D eigenvalue weighted by molar-refractivity contribution is 0.0980. The third-order valence-corrected chi connectivity index (χ3v) is 3.90. The average Bonchev–Trinajstić information content (AvgIpc) is 2.48. The lowest BCUT2D eigenvalue weighted by Crippen LogP contribution is -1.99. The van der Waals surface area contributed by atoms with Gasteiger partial charge in [0.2, 0.25) is 0 Å². The van der Waals surface area contributed by atoms with Crippen LogP contribution in [-0.2, 0) is 6.42 Å². The lowest BCUT2D eigenvalue weighted by atomic mass is 10.0. The molecule has 1 nitrogen and oxygen atoms in total. The molecule has 0 aliphatic heterocycles. The van der Waals surface area contributed by atoms with Gasteiger partial charge in [-0.2, -0.15) is 0 Å². The first-order chi connectivity index (χ1) is 9.77. The summed E-state index contributed by atoms with van der Waals surface area (Å²) in [5.74, 6) is 0.883. The fourth-order valence-corrected chi connectivity index (χ4v) is 2.50. The molecule has 1 aromatic carbocycles. The van der Waals surface area contributed by atoms with Gasteiger partial charge in [0.05, 0.1) is 0 Å². The number of alkyl halides is 1. The molecule has 1 aromatic rings. The molecular formula is C18H27ClO. The molecule has 0 spiro atoms. The number of unbranched alkanes of at least 4 members (excludes halogenated alkanes) is 5. The zero-order chi connectivity index (χ0) is 14.6. The Balaban J connectivity index is 2.30. The first-order valence-electron chi connectivity index (χ1n) is 7.96. The van der Waals surface area contributed by atoms with Crippen LogP contribution in [0.5, 0.6) is 0 Å². The number of benzene rings is 1. The summed E-state index contributed by atoms with van der Waals surface area (Å²) in [6, 6.07) is 8.16. The number of halogens is 1. The molecule has 0 amide bonds. The van der Waals surface area contributed by atoms with Crippen molar-refractivity contribution in [2.75, 3.05) is 5.88 Å². The Kier molecular flexibility index (Phi) is 9.40. The quantitative estimate of drug-likeness (QED) is 0.287. The minimum absolute atomic E-state index is 0.240. The molecule has 0 unspecified atom stereocenters. The fourth-order valence-electron chi connectivity index (χ4n) is 2.31. The third-order valence-electron chi connectivity index (χ3n) is 3.63. The van der Waals surface area contributed by atoms with Crippen LogP contribution >= 0.6 is 11.6 Å². The second kappa shape index (κ2) is 10.9. The predicted octanol–water partition coefficient (Wildman–Crippen LogP) is 5.79. The second-order valence-electron chi connectivity index (χ2n) is 5.43. The molecule has 0 saturated carbocycles. The SMILES string of the molecule is CCCCCCCc1ccc(C(=O)CCCCCl)cc1. The Morgan fingerprint density at radius 2 is 1.65 bits per heavy atom. The molecule has 0 aliphatic carbocycles. The van der Waals surface area contributed by atoms with E-state index in [1.807, 2.05) is 12.1 Å². The Morgan fingerprint density at radius 1 is 0.950 bits per heavy atom. The molecule has 0 radical (unpaired) electrons. The van der Waals surface area contributed by atoms with Gasteiger partial charge in [-0.15, -0.1) is 11.6 Å².